The Morgan fingerprint density at radius 2 is 2.33 bits per heavy atom. The fourth-order valence-corrected chi connectivity index (χ4v) is 2.95. The molecule has 0 aliphatic heterocycles. The molecule has 2 aromatic rings. The van der Waals surface area contributed by atoms with Gasteiger partial charge in [-0.05, 0) is 13.1 Å². The van der Waals surface area contributed by atoms with Crippen LogP contribution in [0.5, 0.6) is 0 Å². The molecule has 114 valence electrons. The minimum atomic E-state index is -0.131. The van der Waals surface area contributed by atoms with E-state index in [2.05, 4.69) is 15.2 Å². The van der Waals surface area contributed by atoms with E-state index >= 15 is 0 Å². The van der Waals surface area contributed by atoms with Crippen LogP contribution in [0.15, 0.2) is 18.5 Å². The number of pyridine rings is 1. The monoisotopic (exact) mass is 308 g/mol. The van der Waals surface area contributed by atoms with Crippen molar-refractivity contribution in [2.45, 2.75) is 0 Å². The Hall–Kier alpha value is -1.70. The van der Waals surface area contributed by atoms with Gasteiger partial charge in [0.25, 0.3) is 5.91 Å². The number of amides is 1. The summed E-state index contributed by atoms with van der Waals surface area (Å²) in [5.41, 5.74) is 6.56. The van der Waals surface area contributed by atoms with Gasteiger partial charge in [-0.15, -0.1) is 11.3 Å². The zero-order valence-electron chi connectivity index (χ0n) is 12.3. The smallest absolute Gasteiger partial charge is 0.263 e. The average molecular weight is 308 g/mol. The van der Waals surface area contributed by atoms with E-state index in [1.54, 1.807) is 19.5 Å². The van der Waals surface area contributed by atoms with Crippen LogP contribution in [0.3, 0.4) is 0 Å². The van der Waals surface area contributed by atoms with Crippen LogP contribution < -0.4 is 11.1 Å². The second-order valence-electron chi connectivity index (χ2n) is 4.77. The molecule has 21 heavy (non-hydrogen) atoms. The fourth-order valence-electron chi connectivity index (χ4n) is 1.94. The van der Waals surface area contributed by atoms with E-state index in [0.29, 0.717) is 23.7 Å². The van der Waals surface area contributed by atoms with Crippen molar-refractivity contribution in [3.63, 3.8) is 0 Å². The van der Waals surface area contributed by atoms with E-state index in [0.717, 1.165) is 23.2 Å². The predicted molar refractivity (Wildman–Crippen MR) is 85.7 cm³/mol. The molecule has 0 aliphatic carbocycles. The summed E-state index contributed by atoms with van der Waals surface area (Å²) in [6, 6.07) is 1.83. The third-order valence-electron chi connectivity index (χ3n) is 3.19. The molecule has 2 heterocycles. The van der Waals surface area contributed by atoms with Crippen molar-refractivity contribution in [3.05, 3.63) is 23.3 Å². The number of likely N-dealkylation sites (N-methyl/N-ethyl adjacent to an activating group) is 1. The van der Waals surface area contributed by atoms with E-state index < -0.39 is 0 Å². The first kappa shape index (κ1) is 15.7. The fraction of sp³-hybridized carbons (Fsp3) is 0.429. The van der Waals surface area contributed by atoms with Crippen LogP contribution in [0.1, 0.15) is 9.67 Å². The van der Waals surface area contributed by atoms with Gasteiger partial charge in [0, 0.05) is 44.5 Å². The van der Waals surface area contributed by atoms with Gasteiger partial charge in [0.1, 0.15) is 4.88 Å². The number of fused-ring (bicyclic) bond motifs is 1. The van der Waals surface area contributed by atoms with Gasteiger partial charge in [-0.1, -0.05) is 0 Å². The van der Waals surface area contributed by atoms with Crippen LogP contribution in [-0.4, -0.2) is 56.2 Å². The van der Waals surface area contributed by atoms with Gasteiger partial charge in [-0.2, -0.15) is 0 Å². The Morgan fingerprint density at radius 1 is 1.52 bits per heavy atom. The normalized spacial score (nSPS) is 11.2. The molecule has 2 rings (SSSR count). The molecular weight excluding hydrogens is 288 g/mol. The van der Waals surface area contributed by atoms with Gasteiger partial charge in [0.15, 0.2) is 0 Å². The van der Waals surface area contributed by atoms with Crippen LogP contribution in [-0.2, 0) is 4.74 Å². The lowest BCUT2D eigenvalue weighted by molar-refractivity contribution is 0.0952. The van der Waals surface area contributed by atoms with Gasteiger partial charge < -0.3 is 20.7 Å². The van der Waals surface area contributed by atoms with Crippen molar-refractivity contribution >= 4 is 33.0 Å². The summed E-state index contributed by atoms with van der Waals surface area (Å²) in [6.07, 6.45) is 3.41. The quantitative estimate of drug-likeness (QED) is 0.803. The summed E-state index contributed by atoms with van der Waals surface area (Å²) in [4.78, 5) is 18.9. The molecule has 0 fully saturated rings. The molecule has 2 aromatic heterocycles. The third-order valence-corrected chi connectivity index (χ3v) is 4.35. The minimum absolute atomic E-state index is 0.131. The van der Waals surface area contributed by atoms with Crippen molar-refractivity contribution in [1.82, 2.24) is 15.2 Å². The molecular formula is C14H20N4O2S. The number of carbonyl (C=O) groups excluding carboxylic acids is 1. The van der Waals surface area contributed by atoms with Gasteiger partial charge >= 0.3 is 0 Å². The Bertz CT molecular complexity index is 614. The number of hydrogen-bond acceptors (Lipinski definition) is 6. The number of hydrogen-bond donors (Lipinski definition) is 2. The highest BCUT2D eigenvalue weighted by molar-refractivity contribution is 7.21. The van der Waals surface area contributed by atoms with Crippen LogP contribution in [0.2, 0.25) is 0 Å². The molecule has 1 amide bonds. The number of nitrogens with two attached hydrogens (primary N) is 1. The van der Waals surface area contributed by atoms with Crippen molar-refractivity contribution in [2.75, 3.05) is 46.1 Å². The number of rotatable bonds is 7. The highest BCUT2D eigenvalue weighted by Gasteiger charge is 2.15. The topological polar surface area (TPSA) is 80.5 Å². The molecule has 0 saturated carbocycles. The van der Waals surface area contributed by atoms with Gasteiger partial charge in [-0.3, -0.25) is 9.78 Å². The SMILES string of the molecule is COCCN(C)CCNC(=O)c1sc2cnccc2c1N. The summed E-state index contributed by atoms with van der Waals surface area (Å²) in [6.45, 7) is 2.86. The molecule has 0 saturated heterocycles. The van der Waals surface area contributed by atoms with E-state index in [1.807, 2.05) is 13.1 Å². The van der Waals surface area contributed by atoms with E-state index in [1.165, 1.54) is 11.3 Å². The van der Waals surface area contributed by atoms with E-state index in [4.69, 9.17) is 10.5 Å². The number of nitrogens with zero attached hydrogens (tertiary/aromatic N) is 2. The number of ether oxygens (including phenoxy) is 1. The molecule has 0 spiro atoms. The molecule has 0 bridgehead atoms. The number of nitrogen functional groups attached to an aromatic ring is 1. The van der Waals surface area contributed by atoms with E-state index in [9.17, 15) is 4.79 Å². The minimum Gasteiger partial charge on any atom is -0.397 e. The maximum Gasteiger partial charge on any atom is 0.263 e. The van der Waals surface area contributed by atoms with Crippen LogP contribution in [0.25, 0.3) is 10.1 Å². The largest absolute Gasteiger partial charge is 0.397 e. The number of methoxy groups -OCH3 is 1. The molecule has 0 aliphatic rings. The first-order valence-corrected chi connectivity index (χ1v) is 7.52. The highest BCUT2D eigenvalue weighted by atomic mass is 32.1. The summed E-state index contributed by atoms with van der Waals surface area (Å²) in [7, 11) is 3.67. The van der Waals surface area contributed by atoms with E-state index in [-0.39, 0.29) is 5.91 Å². The number of aromatic nitrogens is 1. The second kappa shape index (κ2) is 7.35. The zero-order chi connectivity index (χ0) is 15.2. The summed E-state index contributed by atoms with van der Waals surface area (Å²) in [5.74, 6) is -0.131. The standard InChI is InChI=1S/C14H20N4O2S/c1-18(7-8-20-2)6-5-17-14(19)13-12(15)10-3-4-16-9-11(10)21-13/h3-4,9H,5-8,15H2,1-2H3,(H,17,19). The number of nitrogens with one attached hydrogen (secondary N) is 1. The number of anilines is 1. The maximum atomic E-state index is 12.2. The number of carbonyl (C=O) groups is 1. The molecule has 6 nitrogen and oxygen atoms in total. The highest BCUT2D eigenvalue weighted by Crippen LogP contribution is 2.32. The lowest BCUT2D eigenvalue weighted by Gasteiger charge is -2.15. The Kier molecular flexibility index (Phi) is 5.49. The molecule has 0 radical (unpaired) electrons. The first-order chi connectivity index (χ1) is 10.1. The van der Waals surface area contributed by atoms with Crippen molar-refractivity contribution in [3.8, 4) is 0 Å². The molecule has 3 N–H and O–H groups in total. The Morgan fingerprint density at radius 3 is 3.05 bits per heavy atom. The summed E-state index contributed by atoms with van der Waals surface area (Å²) < 4.78 is 5.94. The van der Waals surface area contributed by atoms with Crippen LogP contribution >= 0.6 is 11.3 Å². The maximum absolute atomic E-state index is 12.2. The van der Waals surface area contributed by atoms with Gasteiger partial charge in [0.05, 0.1) is 17.0 Å². The van der Waals surface area contributed by atoms with Gasteiger partial charge in [-0.25, -0.2) is 0 Å². The second-order valence-corrected chi connectivity index (χ2v) is 5.82. The van der Waals surface area contributed by atoms with Crippen molar-refractivity contribution in [2.24, 2.45) is 0 Å². The van der Waals surface area contributed by atoms with Crippen molar-refractivity contribution < 1.29 is 9.53 Å². The Labute approximate surface area is 127 Å². The molecule has 7 heteroatoms. The van der Waals surface area contributed by atoms with Crippen LogP contribution in [0.4, 0.5) is 5.69 Å². The number of thiophene rings is 1. The van der Waals surface area contributed by atoms with Crippen molar-refractivity contribution in [1.29, 1.82) is 0 Å². The molecule has 0 atom stereocenters. The average Bonchev–Trinajstić information content (AvgIpc) is 2.83. The molecule has 0 unspecified atom stereocenters. The summed E-state index contributed by atoms with van der Waals surface area (Å²) >= 11 is 1.37. The zero-order valence-corrected chi connectivity index (χ0v) is 13.1. The summed E-state index contributed by atoms with van der Waals surface area (Å²) in [5, 5.41) is 3.78. The van der Waals surface area contributed by atoms with Crippen LogP contribution in [0, 0.1) is 0 Å². The Balaban J connectivity index is 1.92. The predicted octanol–water partition coefficient (Wildman–Crippen LogP) is 1.19. The third kappa shape index (κ3) is 3.90. The first-order valence-electron chi connectivity index (χ1n) is 6.71. The lowest BCUT2D eigenvalue weighted by Crippen LogP contribution is -2.34. The van der Waals surface area contributed by atoms with Gasteiger partial charge in [0.2, 0.25) is 0 Å². The molecule has 0 aromatic carbocycles. The lowest BCUT2D eigenvalue weighted by atomic mass is 10.2.